The van der Waals surface area contributed by atoms with Crippen molar-refractivity contribution < 1.29 is 14.0 Å². The lowest BCUT2D eigenvalue weighted by molar-refractivity contribution is -0.120. The van der Waals surface area contributed by atoms with Crippen molar-refractivity contribution in [3.05, 3.63) is 100 Å². The average Bonchev–Trinajstić information content (AvgIpc) is 3.57. The highest BCUT2D eigenvalue weighted by Gasteiger charge is 2.23. The zero-order chi connectivity index (χ0) is 21.8. The summed E-state index contributed by atoms with van der Waals surface area (Å²) in [7, 11) is 0. The van der Waals surface area contributed by atoms with E-state index in [2.05, 4.69) is 5.32 Å². The third-order valence-corrected chi connectivity index (χ3v) is 5.37. The predicted octanol–water partition coefficient (Wildman–Crippen LogP) is 5.15. The molecule has 1 fully saturated rings. The van der Waals surface area contributed by atoms with E-state index in [0.717, 1.165) is 24.0 Å². The Morgan fingerprint density at radius 1 is 0.968 bits per heavy atom. The molecule has 0 spiro atoms. The molecule has 0 atom stereocenters. The number of amides is 2. The van der Waals surface area contributed by atoms with Crippen molar-refractivity contribution in [2.24, 2.45) is 0 Å². The molecule has 158 valence electrons. The molecule has 0 saturated heterocycles. The molecule has 0 aromatic heterocycles. The number of nitrogens with one attached hydrogen (secondary N) is 1. The summed E-state index contributed by atoms with van der Waals surface area (Å²) in [6.45, 7) is 0.263. The van der Waals surface area contributed by atoms with Gasteiger partial charge in [-0.1, -0.05) is 35.9 Å². The molecule has 6 heteroatoms. The van der Waals surface area contributed by atoms with Crippen LogP contribution in [0.5, 0.6) is 0 Å². The Hall–Kier alpha value is -3.18. The number of hydrogen-bond donors (Lipinski definition) is 1. The molecule has 0 aliphatic heterocycles. The monoisotopic (exact) mass is 436 g/mol. The molecule has 4 nitrogen and oxygen atoms in total. The van der Waals surface area contributed by atoms with Gasteiger partial charge in [0.1, 0.15) is 5.82 Å². The molecule has 2 amide bonds. The summed E-state index contributed by atoms with van der Waals surface area (Å²) in [6.07, 6.45) is 2.32. The Balaban J connectivity index is 1.61. The minimum Gasteiger partial charge on any atom is -0.353 e. The average molecular weight is 437 g/mol. The van der Waals surface area contributed by atoms with Crippen LogP contribution in [0.4, 0.5) is 10.1 Å². The van der Waals surface area contributed by atoms with E-state index in [-0.39, 0.29) is 30.6 Å². The smallest absolute Gasteiger partial charge is 0.258 e. The zero-order valence-electron chi connectivity index (χ0n) is 16.9. The maximum absolute atomic E-state index is 13.3. The first-order valence-corrected chi connectivity index (χ1v) is 10.6. The number of benzene rings is 3. The van der Waals surface area contributed by atoms with E-state index < -0.39 is 0 Å². The van der Waals surface area contributed by atoms with Crippen LogP contribution in [0.2, 0.25) is 5.02 Å². The van der Waals surface area contributed by atoms with Gasteiger partial charge in [-0.3, -0.25) is 9.59 Å². The van der Waals surface area contributed by atoms with Crippen LogP contribution in [0.15, 0.2) is 72.8 Å². The van der Waals surface area contributed by atoms with E-state index in [1.54, 1.807) is 41.3 Å². The Morgan fingerprint density at radius 3 is 2.35 bits per heavy atom. The van der Waals surface area contributed by atoms with Crippen molar-refractivity contribution in [3.8, 4) is 0 Å². The molecule has 0 heterocycles. The standard InChI is InChI=1S/C25H22ClFN2O2/c26-20-8-6-19(7-9-20)25(31)29(16-17-4-10-21(27)11-5-17)23-3-1-2-18(14-23)15-24(30)28-22-12-13-22/h1-11,14,22H,12-13,15-16H2,(H,28,30). The first kappa shape index (κ1) is 21.1. The molecule has 1 saturated carbocycles. The quantitative estimate of drug-likeness (QED) is 0.557. The van der Waals surface area contributed by atoms with Gasteiger partial charge in [-0.25, -0.2) is 4.39 Å². The highest BCUT2D eigenvalue weighted by molar-refractivity contribution is 6.30. The maximum atomic E-state index is 13.3. The van der Waals surface area contributed by atoms with E-state index >= 15 is 0 Å². The highest BCUT2D eigenvalue weighted by Crippen LogP contribution is 2.24. The number of nitrogens with zero attached hydrogens (tertiary/aromatic N) is 1. The van der Waals surface area contributed by atoms with E-state index in [9.17, 15) is 14.0 Å². The normalized spacial score (nSPS) is 13.0. The fourth-order valence-corrected chi connectivity index (χ4v) is 3.45. The second-order valence-electron chi connectivity index (χ2n) is 7.71. The second-order valence-corrected chi connectivity index (χ2v) is 8.15. The third kappa shape index (κ3) is 5.70. The number of carbonyl (C=O) groups excluding carboxylic acids is 2. The molecule has 1 aliphatic rings. The summed E-state index contributed by atoms with van der Waals surface area (Å²) >= 11 is 5.97. The molecule has 3 aromatic carbocycles. The number of carbonyl (C=O) groups is 2. The maximum Gasteiger partial charge on any atom is 0.258 e. The minimum atomic E-state index is -0.331. The lowest BCUT2D eigenvalue weighted by atomic mass is 10.1. The van der Waals surface area contributed by atoms with Crippen LogP contribution in [-0.4, -0.2) is 17.9 Å². The number of hydrogen-bond acceptors (Lipinski definition) is 2. The topological polar surface area (TPSA) is 49.4 Å². The first-order chi connectivity index (χ1) is 15.0. The molecule has 1 N–H and O–H groups in total. The fraction of sp³-hybridized carbons (Fsp3) is 0.200. The van der Waals surface area contributed by atoms with Gasteiger partial charge in [0.15, 0.2) is 0 Å². The lowest BCUT2D eigenvalue weighted by Crippen LogP contribution is -2.31. The number of rotatable bonds is 7. The number of halogens is 2. The molecule has 0 bridgehead atoms. The van der Waals surface area contributed by atoms with E-state index in [4.69, 9.17) is 11.6 Å². The van der Waals surface area contributed by atoms with Gasteiger partial charge in [0.05, 0.1) is 13.0 Å². The van der Waals surface area contributed by atoms with Crippen LogP contribution >= 0.6 is 11.6 Å². The third-order valence-electron chi connectivity index (χ3n) is 5.12. The Morgan fingerprint density at radius 2 is 1.68 bits per heavy atom. The Kier molecular flexibility index (Phi) is 6.33. The van der Waals surface area contributed by atoms with Crippen LogP contribution in [0.1, 0.15) is 34.3 Å². The Labute approximate surface area is 185 Å². The molecule has 31 heavy (non-hydrogen) atoms. The fourth-order valence-electron chi connectivity index (χ4n) is 3.33. The van der Waals surface area contributed by atoms with E-state index in [1.165, 1.54) is 12.1 Å². The molecular weight excluding hydrogens is 415 g/mol. The van der Waals surface area contributed by atoms with Gasteiger partial charge in [0, 0.05) is 22.3 Å². The molecular formula is C25H22ClFN2O2. The molecule has 1 aliphatic carbocycles. The molecule has 4 rings (SSSR count). The van der Waals surface area contributed by atoms with Crippen LogP contribution in [0.25, 0.3) is 0 Å². The van der Waals surface area contributed by atoms with Crippen molar-refractivity contribution in [3.63, 3.8) is 0 Å². The summed E-state index contributed by atoms with van der Waals surface area (Å²) < 4.78 is 13.3. The van der Waals surface area contributed by atoms with Crippen molar-refractivity contribution in [2.45, 2.75) is 31.8 Å². The van der Waals surface area contributed by atoms with Gasteiger partial charge in [-0.2, -0.15) is 0 Å². The van der Waals surface area contributed by atoms with E-state index in [1.807, 2.05) is 24.3 Å². The summed E-state index contributed by atoms with van der Waals surface area (Å²) in [5, 5.41) is 3.53. The van der Waals surface area contributed by atoms with Crippen LogP contribution in [0, 0.1) is 5.82 Å². The summed E-state index contributed by atoms with van der Waals surface area (Å²) in [5.41, 5.74) is 2.77. The molecule has 3 aromatic rings. The summed E-state index contributed by atoms with van der Waals surface area (Å²) in [5.74, 6) is -0.558. The molecule has 0 unspecified atom stereocenters. The van der Waals surface area contributed by atoms with Gasteiger partial charge in [-0.15, -0.1) is 0 Å². The van der Waals surface area contributed by atoms with Crippen molar-refractivity contribution in [1.82, 2.24) is 5.32 Å². The second kappa shape index (κ2) is 9.31. The van der Waals surface area contributed by atoms with Crippen molar-refractivity contribution in [1.29, 1.82) is 0 Å². The van der Waals surface area contributed by atoms with Gasteiger partial charge >= 0.3 is 0 Å². The summed E-state index contributed by atoms with van der Waals surface area (Å²) in [4.78, 5) is 27.2. The van der Waals surface area contributed by atoms with E-state index in [0.29, 0.717) is 22.3 Å². The van der Waals surface area contributed by atoms with Crippen molar-refractivity contribution >= 4 is 29.1 Å². The Bertz CT molecular complexity index is 1080. The SMILES string of the molecule is O=C(Cc1cccc(N(Cc2ccc(F)cc2)C(=O)c2ccc(Cl)cc2)c1)NC1CC1. The molecule has 0 radical (unpaired) electrons. The minimum absolute atomic E-state index is 0.0197. The first-order valence-electron chi connectivity index (χ1n) is 10.2. The van der Waals surface area contributed by atoms with Gasteiger partial charge in [-0.05, 0) is 72.5 Å². The van der Waals surface area contributed by atoms with Gasteiger partial charge in [0.2, 0.25) is 5.91 Å². The number of anilines is 1. The van der Waals surface area contributed by atoms with Gasteiger partial charge in [0.25, 0.3) is 5.91 Å². The summed E-state index contributed by atoms with van der Waals surface area (Å²) in [6, 6.07) is 20.5. The van der Waals surface area contributed by atoms with Crippen molar-refractivity contribution in [2.75, 3.05) is 4.90 Å². The van der Waals surface area contributed by atoms with Gasteiger partial charge < -0.3 is 10.2 Å². The largest absolute Gasteiger partial charge is 0.353 e. The van der Waals surface area contributed by atoms with Crippen LogP contribution in [0.3, 0.4) is 0 Å². The van der Waals surface area contributed by atoms with Crippen LogP contribution < -0.4 is 10.2 Å². The lowest BCUT2D eigenvalue weighted by Gasteiger charge is -2.24. The van der Waals surface area contributed by atoms with Crippen LogP contribution in [-0.2, 0) is 17.8 Å². The zero-order valence-corrected chi connectivity index (χ0v) is 17.6. The predicted molar refractivity (Wildman–Crippen MR) is 120 cm³/mol. The highest BCUT2D eigenvalue weighted by atomic mass is 35.5.